The Bertz CT molecular complexity index is 879. The van der Waals surface area contributed by atoms with E-state index in [1.54, 1.807) is 10.7 Å². The van der Waals surface area contributed by atoms with Crippen LogP contribution in [0, 0.1) is 5.41 Å². The van der Waals surface area contributed by atoms with Gasteiger partial charge in [-0.2, -0.15) is 0 Å². The van der Waals surface area contributed by atoms with E-state index in [4.69, 9.17) is 17.3 Å². The first-order chi connectivity index (χ1) is 13.7. The van der Waals surface area contributed by atoms with Gasteiger partial charge in [0.25, 0.3) is 0 Å². The molecule has 1 aromatic heterocycles. The molecule has 0 bridgehead atoms. The van der Waals surface area contributed by atoms with Crippen LogP contribution in [0.25, 0.3) is 5.69 Å². The van der Waals surface area contributed by atoms with Crippen LogP contribution < -0.4 is 11.1 Å². The number of carbonyl (C=O) groups excluding carboxylic acids is 2. The first-order valence-electron chi connectivity index (χ1n) is 9.53. The van der Waals surface area contributed by atoms with E-state index < -0.39 is 23.4 Å². The molecule has 9 nitrogen and oxygen atoms in total. The summed E-state index contributed by atoms with van der Waals surface area (Å²) in [4.78, 5) is 27.2. The summed E-state index contributed by atoms with van der Waals surface area (Å²) in [6.07, 6.45) is 3.04. The maximum absolute atomic E-state index is 12.8. The van der Waals surface area contributed by atoms with E-state index in [9.17, 15) is 9.59 Å². The predicted octanol–water partition coefficient (Wildman–Crippen LogP) is 1.30. The monoisotopic (exact) mass is 419 g/mol. The van der Waals surface area contributed by atoms with Crippen molar-refractivity contribution < 1.29 is 9.59 Å². The van der Waals surface area contributed by atoms with Crippen LogP contribution in [0.1, 0.15) is 39.2 Å². The summed E-state index contributed by atoms with van der Waals surface area (Å²) in [7, 11) is 0. The minimum Gasteiger partial charge on any atom is -0.319 e. The van der Waals surface area contributed by atoms with E-state index in [0.717, 1.165) is 24.2 Å². The number of hydrogen-bond acceptors (Lipinski definition) is 7. The van der Waals surface area contributed by atoms with Crippen molar-refractivity contribution in [2.24, 2.45) is 11.1 Å². The third kappa shape index (κ3) is 4.98. The van der Waals surface area contributed by atoms with Crippen LogP contribution in [0.3, 0.4) is 0 Å². The number of benzene rings is 1. The highest BCUT2D eigenvalue weighted by Gasteiger charge is 2.35. The Morgan fingerprint density at radius 3 is 2.79 bits per heavy atom. The zero-order valence-electron chi connectivity index (χ0n) is 16.8. The number of nitrogens with zero attached hydrogens (tertiary/aromatic N) is 5. The molecule has 156 valence electrons. The molecule has 0 radical (unpaired) electrons. The Balaban J connectivity index is 1.74. The Labute approximate surface area is 174 Å². The van der Waals surface area contributed by atoms with Gasteiger partial charge in [0.2, 0.25) is 11.8 Å². The highest BCUT2D eigenvalue weighted by molar-refractivity contribution is 6.30. The first-order valence-corrected chi connectivity index (χ1v) is 9.91. The SMILES string of the molecule is CC(C)(C)[C@@H](N)C(=O)NC(=O)[C@@H]1CCCN1Cc1cc(Cl)ccc1-n1cnnn1. The third-order valence-electron chi connectivity index (χ3n) is 5.14. The van der Waals surface area contributed by atoms with E-state index >= 15 is 0 Å². The van der Waals surface area contributed by atoms with Crippen LogP contribution in [-0.2, 0) is 16.1 Å². The fourth-order valence-electron chi connectivity index (χ4n) is 3.38. The van der Waals surface area contributed by atoms with Crippen molar-refractivity contribution in [3.63, 3.8) is 0 Å². The fourth-order valence-corrected chi connectivity index (χ4v) is 3.58. The van der Waals surface area contributed by atoms with Gasteiger partial charge in [-0.25, -0.2) is 4.68 Å². The summed E-state index contributed by atoms with van der Waals surface area (Å²) >= 11 is 6.19. The summed E-state index contributed by atoms with van der Waals surface area (Å²) in [5.74, 6) is -0.773. The van der Waals surface area contributed by atoms with Crippen molar-refractivity contribution in [1.29, 1.82) is 0 Å². The minimum atomic E-state index is -0.763. The number of rotatable bonds is 5. The Hall–Kier alpha value is -2.36. The number of halogens is 1. The topological polar surface area (TPSA) is 119 Å². The molecule has 0 aliphatic carbocycles. The molecule has 0 unspecified atom stereocenters. The van der Waals surface area contributed by atoms with Crippen molar-refractivity contribution in [1.82, 2.24) is 30.4 Å². The minimum absolute atomic E-state index is 0.321. The lowest BCUT2D eigenvalue weighted by molar-refractivity contribution is -0.134. The summed E-state index contributed by atoms with van der Waals surface area (Å²) in [5, 5.41) is 14.4. The summed E-state index contributed by atoms with van der Waals surface area (Å²) in [5.41, 5.74) is 7.23. The second-order valence-electron chi connectivity index (χ2n) is 8.35. The van der Waals surface area contributed by atoms with Crippen LogP contribution in [0.5, 0.6) is 0 Å². The highest BCUT2D eigenvalue weighted by atomic mass is 35.5. The van der Waals surface area contributed by atoms with Gasteiger partial charge in [0, 0.05) is 11.6 Å². The molecule has 0 spiro atoms. The van der Waals surface area contributed by atoms with Gasteiger partial charge < -0.3 is 5.73 Å². The van der Waals surface area contributed by atoms with Gasteiger partial charge in [-0.15, -0.1) is 5.10 Å². The lowest BCUT2D eigenvalue weighted by atomic mass is 9.87. The molecule has 2 atom stereocenters. The zero-order chi connectivity index (χ0) is 21.2. The molecule has 10 heteroatoms. The average Bonchev–Trinajstić information content (AvgIpc) is 3.32. The van der Waals surface area contributed by atoms with E-state index in [1.807, 2.05) is 37.8 Å². The zero-order valence-corrected chi connectivity index (χ0v) is 17.6. The van der Waals surface area contributed by atoms with Crippen molar-refractivity contribution in [2.75, 3.05) is 6.54 Å². The number of amides is 2. The van der Waals surface area contributed by atoms with E-state index in [2.05, 4.69) is 20.8 Å². The third-order valence-corrected chi connectivity index (χ3v) is 5.37. The fraction of sp³-hybridized carbons (Fsp3) is 0.526. The van der Waals surface area contributed by atoms with E-state index in [-0.39, 0.29) is 5.91 Å². The van der Waals surface area contributed by atoms with Crippen molar-refractivity contribution in [3.05, 3.63) is 35.1 Å². The molecular weight excluding hydrogens is 394 g/mol. The first kappa shape index (κ1) is 21.4. The average molecular weight is 420 g/mol. The lowest BCUT2D eigenvalue weighted by Crippen LogP contribution is -2.53. The summed E-state index contributed by atoms with van der Waals surface area (Å²) in [6.45, 7) is 6.81. The Morgan fingerprint density at radius 2 is 2.14 bits per heavy atom. The molecule has 1 saturated heterocycles. The van der Waals surface area contributed by atoms with Crippen molar-refractivity contribution >= 4 is 23.4 Å². The summed E-state index contributed by atoms with van der Waals surface area (Å²) < 4.78 is 1.56. The van der Waals surface area contributed by atoms with E-state index in [0.29, 0.717) is 18.0 Å². The molecule has 2 heterocycles. The molecule has 2 aromatic rings. The van der Waals surface area contributed by atoms with Crippen LogP contribution in [0.4, 0.5) is 0 Å². The van der Waals surface area contributed by atoms with Gasteiger partial charge in [-0.05, 0) is 59.0 Å². The molecule has 3 rings (SSSR count). The van der Waals surface area contributed by atoms with Gasteiger partial charge >= 0.3 is 0 Å². The number of tetrazole rings is 1. The maximum Gasteiger partial charge on any atom is 0.244 e. The second kappa shape index (κ2) is 8.56. The van der Waals surface area contributed by atoms with Crippen LogP contribution in [0.2, 0.25) is 5.02 Å². The van der Waals surface area contributed by atoms with Crippen LogP contribution in [0.15, 0.2) is 24.5 Å². The predicted molar refractivity (Wildman–Crippen MR) is 108 cm³/mol. The van der Waals surface area contributed by atoms with Crippen LogP contribution >= 0.6 is 11.6 Å². The standard InChI is InChI=1S/C19H26ClN7O2/c1-19(2,3)16(21)18(29)23-17(28)15-5-4-8-26(15)10-12-9-13(20)6-7-14(12)27-11-22-24-25-27/h6-7,9,11,15-16H,4-5,8,10,21H2,1-3H3,(H,23,28,29)/t15-,16-/m0/s1. The molecule has 3 N–H and O–H groups in total. The quantitative estimate of drug-likeness (QED) is 0.749. The number of carbonyl (C=O) groups is 2. The van der Waals surface area contributed by atoms with Gasteiger partial charge in [-0.1, -0.05) is 32.4 Å². The number of hydrogen-bond donors (Lipinski definition) is 2. The number of nitrogens with two attached hydrogens (primary N) is 1. The van der Waals surface area contributed by atoms with Crippen LogP contribution in [-0.4, -0.2) is 55.5 Å². The molecule has 1 aliphatic heterocycles. The van der Waals surface area contributed by atoms with Gasteiger partial charge in [0.05, 0.1) is 17.8 Å². The number of likely N-dealkylation sites (tertiary alicyclic amines) is 1. The van der Waals surface area contributed by atoms with Gasteiger partial charge in [-0.3, -0.25) is 19.8 Å². The second-order valence-corrected chi connectivity index (χ2v) is 8.79. The Morgan fingerprint density at radius 1 is 1.38 bits per heavy atom. The molecule has 2 amide bonds. The number of imide groups is 1. The molecule has 1 fully saturated rings. The van der Waals surface area contributed by atoms with Crippen molar-refractivity contribution in [2.45, 2.75) is 52.2 Å². The van der Waals surface area contributed by atoms with Gasteiger partial charge in [0.15, 0.2) is 0 Å². The normalized spacial score (nSPS) is 18.6. The number of nitrogens with one attached hydrogen (secondary N) is 1. The highest BCUT2D eigenvalue weighted by Crippen LogP contribution is 2.25. The van der Waals surface area contributed by atoms with Crippen molar-refractivity contribution in [3.8, 4) is 5.69 Å². The molecular formula is C19H26ClN7O2. The molecule has 0 saturated carbocycles. The van der Waals surface area contributed by atoms with E-state index in [1.165, 1.54) is 6.33 Å². The number of aromatic nitrogens is 4. The molecule has 1 aliphatic rings. The summed E-state index contributed by atoms with van der Waals surface area (Å²) in [6, 6.07) is 4.27. The largest absolute Gasteiger partial charge is 0.319 e. The molecule has 1 aromatic carbocycles. The van der Waals surface area contributed by atoms with Gasteiger partial charge in [0.1, 0.15) is 6.33 Å². The smallest absolute Gasteiger partial charge is 0.244 e. The Kier molecular flexibility index (Phi) is 6.30. The lowest BCUT2D eigenvalue weighted by Gasteiger charge is -2.28. The molecule has 29 heavy (non-hydrogen) atoms. The maximum atomic E-state index is 12.8.